The van der Waals surface area contributed by atoms with Gasteiger partial charge in [-0.1, -0.05) is 13.8 Å². The van der Waals surface area contributed by atoms with E-state index >= 15 is 0 Å². The number of aliphatic imine (C=N–C) groups is 1. The van der Waals surface area contributed by atoms with Crippen molar-refractivity contribution in [2.24, 2.45) is 16.3 Å². The van der Waals surface area contributed by atoms with Gasteiger partial charge in [-0.2, -0.15) is 0 Å². The lowest BCUT2D eigenvalue weighted by atomic mass is 9.55. The quantitative estimate of drug-likeness (QED) is 0.397. The number of methoxy groups -OCH3 is 2. The SMILES string of the molecule is CN=C(Nc1ccc(OC)c(OC)c1)NC1C2CCCOC2C1(C)C.I. The molecule has 0 aromatic heterocycles. The first-order chi connectivity index (χ1) is 12.0. The molecule has 146 valence electrons. The zero-order valence-electron chi connectivity index (χ0n) is 16.2. The molecule has 3 atom stereocenters. The number of nitrogens with zero attached hydrogens (tertiary/aromatic N) is 1. The maximum absolute atomic E-state index is 5.98. The van der Waals surface area contributed by atoms with Gasteiger partial charge in [0.1, 0.15) is 0 Å². The lowest BCUT2D eigenvalue weighted by Gasteiger charge is -2.60. The number of halogens is 1. The van der Waals surface area contributed by atoms with Gasteiger partial charge in [-0.3, -0.25) is 4.99 Å². The second kappa shape index (κ2) is 8.65. The van der Waals surface area contributed by atoms with Crippen LogP contribution >= 0.6 is 24.0 Å². The molecule has 1 aliphatic carbocycles. The van der Waals surface area contributed by atoms with E-state index in [-0.39, 0.29) is 29.4 Å². The van der Waals surface area contributed by atoms with E-state index in [0.717, 1.165) is 24.7 Å². The second-order valence-electron chi connectivity index (χ2n) is 7.31. The number of benzene rings is 1. The van der Waals surface area contributed by atoms with Crippen molar-refractivity contribution >= 4 is 35.6 Å². The van der Waals surface area contributed by atoms with E-state index in [1.807, 2.05) is 18.2 Å². The fraction of sp³-hybridized carbons (Fsp3) is 0.632. The molecule has 7 heteroatoms. The maximum Gasteiger partial charge on any atom is 0.195 e. The number of fused-ring (bicyclic) bond motifs is 1. The number of nitrogens with one attached hydrogen (secondary N) is 2. The molecule has 26 heavy (non-hydrogen) atoms. The Balaban J connectivity index is 0.00000243. The van der Waals surface area contributed by atoms with Gasteiger partial charge in [0.25, 0.3) is 0 Å². The molecule has 1 saturated carbocycles. The first kappa shape index (κ1) is 21.1. The highest BCUT2D eigenvalue weighted by atomic mass is 127. The Kier molecular flexibility index (Phi) is 7.01. The molecule has 1 aromatic carbocycles. The zero-order chi connectivity index (χ0) is 18.0. The van der Waals surface area contributed by atoms with Crippen molar-refractivity contribution in [3.63, 3.8) is 0 Å². The van der Waals surface area contributed by atoms with Crippen molar-refractivity contribution in [1.82, 2.24) is 5.32 Å². The lowest BCUT2D eigenvalue weighted by molar-refractivity contribution is -0.188. The van der Waals surface area contributed by atoms with Crippen LogP contribution in [-0.2, 0) is 4.74 Å². The van der Waals surface area contributed by atoms with Crippen LogP contribution in [0.2, 0.25) is 0 Å². The van der Waals surface area contributed by atoms with Gasteiger partial charge in [0.2, 0.25) is 0 Å². The van der Waals surface area contributed by atoms with Crippen molar-refractivity contribution in [3.05, 3.63) is 18.2 Å². The van der Waals surface area contributed by atoms with Gasteiger partial charge in [-0.15, -0.1) is 24.0 Å². The number of rotatable bonds is 4. The van der Waals surface area contributed by atoms with Crippen molar-refractivity contribution in [2.75, 3.05) is 33.2 Å². The lowest BCUT2D eigenvalue weighted by Crippen LogP contribution is -2.70. The smallest absolute Gasteiger partial charge is 0.195 e. The van der Waals surface area contributed by atoms with E-state index in [1.165, 1.54) is 6.42 Å². The van der Waals surface area contributed by atoms with Gasteiger partial charge >= 0.3 is 0 Å². The Morgan fingerprint density at radius 3 is 2.62 bits per heavy atom. The molecule has 3 unspecified atom stereocenters. The first-order valence-electron chi connectivity index (χ1n) is 8.85. The normalized spacial score (nSPS) is 26.7. The van der Waals surface area contributed by atoms with Crippen molar-refractivity contribution in [3.8, 4) is 11.5 Å². The molecule has 2 fully saturated rings. The van der Waals surface area contributed by atoms with Crippen LogP contribution in [0.3, 0.4) is 0 Å². The number of anilines is 1. The summed E-state index contributed by atoms with van der Waals surface area (Å²) in [5.41, 5.74) is 1.000. The number of guanidine groups is 1. The molecule has 3 rings (SSSR count). The van der Waals surface area contributed by atoms with Crippen molar-refractivity contribution in [1.29, 1.82) is 0 Å². The highest BCUT2D eigenvalue weighted by molar-refractivity contribution is 14.0. The van der Waals surface area contributed by atoms with E-state index in [9.17, 15) is 0 Å². The fourth-order valence-corrected chi connectivity index (χ4v) is 4.17. The molecule has 1 aliphatic heterocycles. The zero-order valence-corrected chi connectivity index (χ0v) is 18.5. The molecule has 1 aromatic rings. The van der Waals surface area contributed by atoms with Crippen LogP contribution in [0.5, 0.6) is 11.5 Å². The Morgan fingerprint density at radius 2 is 1.96 bits per heavy atom. The van der Waals surface area contributed by atoms with Gasteiger partial charge in [0.15, 0.2) is 17.5 Å². The van der Waals surface area contributed by atoms with Crippen LogP contribution < -0.4 is 20.1 Å². The van der Waals surface area contributed by atoms with Gasteiger partial charge in [0.05, 0.1) is 20.3 Å². The van der Waals surface area contributed by atoms with Crippen LogP contribution in [-0.4, -0.2) is 46.0 Å². The largest absolute Gasteiger partial charge is 0.493 e. The van der Waals surface area contributed by atoms with Crippen LogP contribution in [0.15, 0.2) is 23.2 Å². The van der Waals surface area contributed by atoms with E-state index in [4.69, 9.17) is 14.2 Å². The van der Waals surface area contributed by atoms with E-state index in [1.54, 1.807) is 21.3 Å². The van der Waals surface area contributed by atoms with Gasteiger partial charge in [-0.25, -0.2) is 0 Å². The maximum atomic E-state index is 5.98. The third-order valence-corrected chi connectivity index (χ3v) is 5.49. The highest BCUT2D eigenvalue weighted by Gasteiger charge is 2.58. The third-order valence-electron chi connectivity index (χ3n) is 5.49. The topological polar surface area (TPSA) is 64.1 Å². The summed E-state index contributed by atoms with van der Waals surface area (Å²) in [7, 11) is 5.05. The number of hydrogen-bond donors (Lipinski definition) is 2. The van der Waals surface area contributed by atoms with E-state index < -0.39 is 0 Å². The highest BCUT2D eigenvalue weighted by Crippen LogP contribution is 2.51. The summed E-state index contributed by atoms with van der Waals surface area (Å²) in [6, 6.07) is 6.09. The summed E-state index contributed by atoms with van der Waals surface area (Å²) in [6.45, 7) is 5.41. The molecule has 0 radical (unpaired) electrons. The summed E-state index contributed by atoms with van der Waals surface area (Å²) in [4.78, 5) is 4.39. The molecule has 2 N–H and O–H groups in total. The number of ether oxygens (including phenoxy) is 3. The summed E-state index contributed by atoms with van der Waals surface area (Å²) in [6.07, 6.45) is 2.69. The standard InChI is InChI=1S/C19H29N3O3.HI/c1-19(2)16(13-7-6-10-25-17(13)19)22-18(20-3)21-12-8-9-14(23-4)15(11-12)24-5;/h8-9,11,13,16-17H,6-7,10H2,1-5H3,(H2,20,21,22);1H. The van der Waals surface area contributed by atoms with Gasteiger partial charge < -0.3 is 24.8 Å². The molecule has 2 aliphatic rings. The van der Waals surface area contributed by atoms with Crippen LogP contribution in [0.25, 0.3) is 0 Å². The molecule has 0 amide bonds. The molecule has 6 nitrogen and oxygen atoms in total. The summed E-state index contributed by atoms with van der Waals surface area (Å²) in [5.74, 6) is 2.70. The van der Waals surface area contributed by atoms with E-state index in [2.05, 4.69) is 29.5 Å². The minimum atomic E-state index is 0. The first-order valence-corrected chi connectivity index (χ1v) is 8.85. The Hall–Kier alpha value is -1.22. The minimum Gasteiger partial charge on any atom is -0.493 e. The molecule has 0 bridgehead atoms. The van der Waals surface area contributed by atoms with E-state index in [0.29, 0.717) is 29.6 Å². The average Bonchev–Trinajstić information content (AvgIpc) is 2.64. The predicted molar refractivity (Wildman–Crippen MR) is 115 cm³/mol. The summed E-state index contributed by atoms with van der Waals surface area (Å²) in [5, 5.41) is 6.94. The van der Waals surface area contributed by atoms with Crippen LogP contribution in [0.4, 0.5) is 5.69 Å². The predicted octanol–water partition coefficient (Wildman–Crippen LogP) is 3.51. The Bertz CT molecular complexity index is 651. The molecule has 0 spiro atoms. The third kappa shape index (κ3) is 3.88. The summed E-state index contributed by atoms with van der Waals surface area (Å²) < 4.78 is 16.6. The molecule has 1 heterocycles. The average molecular weight is 475 g/mol. The Morgan fingerprint density at radius 1 is 1.23 bits per heavy atom. The molecular formula is C19H30IN3O3. The minimum absolute atomic E-state index is 0. The monoisotopic (exact) mass is 475 g/mol. The van der Waals surface area contributed by atoms with Gasteiger partial charge in [0, 0.05) is 42.8 Å². The van der Waals surface area contributed by atoms with Crippen molar-refractivity contribution in [2.45, 2.75) is 38.8 Å². The molecular weight excluding hydrogens is 445 g/mol. The second-order valence-corrected chi connectivity index (χ2v) is 7.31. The van der Waals surface area contributed by atoms with Gasteiger partial charge in [-0.05, 0) is 25.0 Å². The van der Waals surface area contributed by atoms with Crippen molar-refractivity contribution < 1.29 is 14.2 Å². The fourth-order valence-electron chi connectivity index (χ4n) is 4.17. The van der Waals surface area contributed by atoms with Crippen LogP contribution in [0.1, 0.15) is 26.7 Å². The molecule has 1 saturated heterocycles. The number of hydrogen-bond acceptors (Lipinski definition) is 4. The van der Waals surface area contributed by atoms with Crippen LogP contribution in [0, 0.1) is 11.3 Å². The Labute approximate surface area is 173 Å². The summed E-state index contributed by atoms with van der Waals surface area (Å²) >= 11 is 0.